The number of aromatic nitrogens is 1. The highest BCUT2D eigenvalue weighted by atomic mass is 16.5. The molecule has 5 nitrogen and oxygen atoms in total. The average molecular weight is 376 g/mol. The van der Waals surface area contributed by atoms with Crippen LogP contribution in [0, 0.1) is 0 Å². The standard InChI is InChI=1S/C23H24N2O3/c1-27-21-12-5-6-13-22(21)28-18-23(26)25(17-20-11-7-8-15-24-20)16-14-19-9-3-2-4-10-19/h2-13,15H,14,16-18H2,1H3. The largest absolute Gasteiger partial charge is 0.493 e. The highest BCUT2D eigenvalue weighted by molar-refractivity contribution is 5.77. The molecule has 0 bridgehead atoms. The maximum Gasteiger partial charge on any atom is 0.260 e. The maximum absolute atomic E-state index is 12.9. The van der Waals surface area contributed by atoms with Crippen molar-refractivity contribution in [2.24, 2.45) is 0 Å². The lowest BCUT2D eigenvalue weighted by Crippen LogP contribution is -2.36. The first-order valence-electron chi connectivity index (χ1n) is 9.23. The molecule has 0 aliphatic heterocycles. The Morgan fingerprint density at radius 2 is 1.64 bits per heavy atom. The van der Waals surface area contributed by atoms with Crippen LogP contribution >= 0.6 is 0 Å². The predicted octanol–water partition coefficient (Wildman–Crippen LogP) is 3.74. The molecule has 3 aromatic rings. The fraction of sp³-hybridized carbons (Fsp3) is 0.217. The minimum Gasteiger partial charge on any atom is -0.493 e. The van der Waals surface area contributed by atoms with Crippen LogP contribution in [0.2, 0.25) is 0 Å². The van der Waals surface area contributed by atoms with E-state index in [9.17, 15) is 4.79 Å². The summed E-state index contributed by atoms with van der Waals surface area (Å²) in [6.45, 7) is 0.985. The van der Waals surface area contributed by atoms with E-state index in [0.29, 0.717) is 24.6 Å². The molecule has 0 unspecified atom stereocenters. The molecule has 0 saturated carbocycles. The van der Waals surface area contributed by atoms with Crippen molar-refractivity contribution < 1.29 is 14.3 Å². The van der Waals surface area contributed by atoms with Crippen LogP contribution in [0.25, 0.3) is 0 Å². The molecule has 1 aromatic heterocycles. The lowest BCUT2D eigenvalue weighted by molar-refractivity contribution is -0.134. The summed E-state index contributed by atoms with van der Waals surface area (Å²) in [5.74, 6) is 1.07. The summed E-state index contributed by atoms with van der Waals surface area (Å²) in [6, 6.07) is 23.1. The molecule has 1 heterocycles. The molecule has 0 fully saturated rings. The normalized spacial score (nSPS) is 10.3. The molecule has 5 heteroatoms. The minimum atomic E-state index is -0.0903. The summed E-state index contributed by atoms with van der Waals surface area (Å²) >= 11 is 0. The number of carbonyl (C=O) groups excluding carboxylic acids is 1. The zero-order valence-electron chi connectivity index (χ0n) is 16.0. The first kappa shape index (κ1) is 19.4. The molecular weight excluding hydrogens is 352 g/mol. The van der Waals surface area contributed by atoms with Crippen LogP contribution < -0.4 is 9.47 Å². The Morgan fingerprint density at radius 1 is 0.929 bits per heavy atom. The van der Waals surface area contributed by atoms with Gasteiger partial charge in [-0.15, -0.1) is 0 Å². The van der Waals surface area contributed by atoms with Gasteiger partial charge < -0.3 is 14.4 Å². The molecule has 144 valence electrons. The molecule has 1 amide bonds. The van der Waals surface area contributed by atoms with E-state index in [1.807, 2.05) is 48.5 Å². The number of carbonyl (C=O) groups is 1. The van der Waals surface area contributed by atoms with Gasteiger partial charge in [-0.05, 0) is 36.2 Å². The molecule has 3 rings (SSSR count). The molecule has 2 aromatic carbocycles. The second-order valence-corrected chi connectivity index (χ2v) is 6.31. The van der Waals surface area contributed by atoms with E-state index in [4.69, 9.17) is 9.47 Å². The Balaban J connectivity index is 1.66. The number of nitrogens with zero attached hydrogens (tertiary/aromatic N) is 2. The average Bonchev–Trinajstić information content (AvgIpc) is 2.76. The van der Waals surface area contributed by atoms with Gasteiger partial charge in [0.25, 0.3) is 5.91 Å². The molecule has 0 N–H and O–H groups in total. The maximum atomic E-state index is 12.9. The van der Waals surface area contributed by atoms with Gasteiger partial charge >= 0.3 is 0 Å². The van der Waals surface area contributed by atoms with Gasteiger partial charge in [-0.1, -0.05) is 48.5 Å². The number of rotatable bonds is 9. The van der Waals surface area contributed by atoms with E-state index in [2.05, 4.69) is 17.1 Å². The van der Waals surface area contributed by atoms with Gasteiger partial charge in [-0.2, -0.15) is 0 Å². The Labute approximate surface area is 165 Å². The van der Waals surface area contributed by atoms with Gasteiger partial charge in [-0.25, -0.2) is 0 Å². The Kier molecular flexibility index (Phi) is 7.01. The first-order chi connectivity index (χ1) is 13.8. The van der Waals surface area contributed by atoms with Crippen molar-refractivity contribution in [2.75, 3.05) is 20.3 Å². The number of hydrogen-bond donors (Lipinski definition) is 0. The summed E-state index contributed by atoms with van der Waals surface area (Å²) in [6.07, 6.45) is 2.51. The number of hydrogen-bond acceptors (Lipinski definition) is 4. The summed E-state index contributed by atoms with van der Waals surface area (Å²) in [7, 11) is 1.58. The third-order valence-corrected chi connectivity index (χ3v) is 4.37. The monoisotopic (exact) mass is 376 g/mol. The summed E-state index contributed by atoms with van der Waals surface area (Å²) < 4.78 is 11.0. The minimum absolute atomic E-state index is 0.0536. The number of amides is 1. The quantitative estimate of drug-likeness (QED) is 0.571. The highest BCUT2D eigenvalue weighted by Crippen LogP contribution is 2.25. The van der Waals surface area contributed by atoms with E-state index in [1.165, 1.54) is 5.56 Å². The van der Waals surface area contributed by atoms with E-state index in [1.54, 1.807) is 30.3 Å². The molecule has 28 heavy (non-hydrogen) atoms. The van der Waals surface area contributed by atoms with Gasteiger partial charge in [0.05, 0.1) is 19.3 Å². The van der Waals surface area contributed by atoms with Crippen LogP contribution in [0.4, 0.5) is 0 Å². The fourth-order valence-corrected chi connectivity index (χ4v) is 2.86. The lowest BCUT2D eigenvalue weighted by Gasteiger charge is -2.23. The molecule has 0 aliphatic rings. The van der Waals surface area contributed by atoms with Crippen LogP contribution in [-0.2, 0) is 17.8 Å². The SMILES string of the molecule is COc1ccccc1OCC(=O)N(CCc1ccccc1)Cc1ccccn1. The third-order valence-electron chi connectivity index (χ3n) is 4.37. The van der Waals surface area contributed by atoms with Crippen LogP contribution in [0.3, 0.4) is 0 Å². The van der Waals surface area contributed by atoms with E-state index in [0.717, 1.165) is 12.1 Å². The Bertz CT molecular complexity index is 869. The van der Waals surface area contributed by atoms with Crippen LogP contribution in [0.1, 0.15) is 11.3 Å². The van der Waals surface area contributed by atoms with Crippen molar-refractivity contribution in [1.82, 2.24) is 9.88 Å². The van der Waals surface area contributed by atoms with Crippen LogP contribution in [-0.4, -0.2) is 36.1 Å². The number of pyridine rings is 1. The Morgan fingerprint density at radius 3 is 2.36 bits per heavy atom. The second kappa shape index (κ2) is 10.1. The lowest BCUT2D eigenvalue weighted by atomic mass is 10.1. The first-order valence-corrected chi connectivity index (χ1v) is 9.23. The van der Waals surface area contributed by atoms with Gasteiger partial charge in [0.15, 0.2) is 18.1 Å². The summed E-state index contributed by atoms with van der Waals surface area (Å²) in [5.41, 5.74) is 2.04. The van der Waals surface area contributed by atoms with Gasteiger partial charge in [0, 0.05) is 12.7 Å². The van der Waals surface area contributed by atoms with Crippen molar-refractivity contribution in [3.63, 3.8) is 0 Å². The highest BCUT2D eigenvalue weighted by Gasteiger charge is 2.16. The number of methoxy groups -OCH3 is 1. The molecule has 0 spiro atoms. The van der Waals surface area contributed by atoms with Crippen molar-refractivity contribution in [3.8, 4) is 11.5 Å². The van der Waals surface area contributed by atoms with Gasteiger partial charge in [0.2, 0.25) is 0 Å². The topological polar surface area (TPSA) is 51.7 Å². The number of benzene rings is 2. The zero-order valence-corrected chi connectivity index (χ0v) is 16.0. The molecular formula is C23H24N2O3. The van der Waals surface area contributed by atoms with Crippen molar-refractivity contribution in [2.45, 2.75) is 13.0 Å². The van der Waals surface area contributed by atoms with Crippen LogP contribution in [0.5, 0.6) is 11.5 Å². The Hall–Kier alpha value is -3.34. The van der Waals surface area contributed by atoms with Crippen LogP contribution in [0.15, 0.2) is 79.0 Å². The number of para-hydroxylation sites is 2. The summed E-state index contributed by atoms with van der Waals surface area (Å²) in [4.78, 5) is 19.0. The molecule has 0 radical (unpaired) electrons. The third kappa shape index (κ3) is 5.58. The van der Waals surface area contributed by atoms with Crippen molar-refractivity contribution >= 4 is 5.91 Å². The van der Waals surface area contributed by atoms with Gasteiger partial charge in [-0.3, -0.25) is 9.78 Å². The zero-order chi connectivity index (χ0) is 19.6. The van der Waals surface area contributed by atoms with E-state index >= 15 is 0 Å². The number of ether oxygens (including phenoxy) is 2. The second-order valence-electron chi connectivity index (χ2n) is 6.31. The van der Waals surface area contributed by atoms with Gasteiger partial charge in [0.1, 0.15) is 0 Å². The van der Waals surface area contributed by atoms with Crippen molar-refractivity contribution in [1.29, 1.82) is 0 Å². The molecule has 0 atom stereocenters. The van der Waals surface area contributed by atoms with E-state index in [-0.39, 0.29) is 12.5 Å². The molecule has 0 aliphatic carbocycles. The van der Waals surface area contributed by atoms with E-state index < -0.39 is 0 Å². The fourth-order valence-electron chi connectivity index (χ4n) is 2.86. The smallest absolute Gasteiger partial charge is 0.260 e. The predicted molar refractivity (Wildman–Crippen MR) is 108 cm³/mol. The summed E-state index contributed by atoms with van der Waals surface area (Å²) in [5, 5.41) is 0. The van der Waals surface area contributed by atoms with Crippen molar-refractivity contribution in [3.05, 3.63) is 90.3 Å². The molecule has 0 saturated heterocycles.